The number of aromatic nitrogens is 2. The number of methoxy groups -OCH3 is 1. The average Bonchev–Trinajstić information content (AvgIpc) is 2.81. The molecule has 1 aromatic rings. The molecule has 80 valence electrons. The quantitative estimate of drug-likeness (QED) is 0.673. The summed E-state index contributed by atoms with van der Waals surface area (Å²) in [5.41, 5.74) is 0.446. The van der Waals surface area contributed by atoms with E-state index in [2.05, 4.69) is 14.9 Å². The second-order valence-corrected chi connectivity index (χ2v) is 3.45. The van der Waals surface area contributed by atoms with Crippen molar-refractivity contribution < 1.29 is 9.53 Å². The standard InChI is InChI=1S/C10H13N3O2/c1-15-10(14)8-6-11-7-12-9(8)13-4-2-3-5-13/h6-7H,2-5H2,1H3. The number of esters is 1. The molecule has 2 rings (SSSR count). The van der Waals surface area contributed by atoms with Gasteiger partial charge in [-0.3, -0.25) is 0 Å². The summed E-state index contributed by atoms with van der Waals surface area (Å²) in [6, 6.07) is 0. The van der Waals surface area contributed by atoms with Gasteiger partial charge in [-0.05, 0) is 12.8 Å². The molecule has 0 amide bonds. The molecule has 0 bridgehead atoms. The van der Waals surface area contributed by atoms with Gasteiger partial charge in [0.1, 0.15) is 17.7 Å². The van der Waals surface area contributed by atoms with E-state index in [4.69, 9.17) is 4.74 Å². The summed E-state index contributed by atoms with van der Waals surface area (Å²) in [5.74, 6) is 0.312. The number of carbonyl (C=O) groups is 1. The van der Waals surface area contributed by atoms with Crippen LogP contribution in [0, 0.1) is 0 Å². The first-order valence-corrected chi connectivity index (χ1v) is 4.96. The number of hydrogen-bond acceptors (Lipinski definition) is 5. The monoisotopic (exact) mass is 207 g/mol. The zero-order chi connectivity index (χ0) is 10.7. The Morgan fingerprint density at radius 2 is 2.20 bits per heavy atom. The van der Waals surface area contributed by atoms with Crippen molar-refractivity contribution in [3.8, 4) is 0 Å². The van der Waals surface area contributed by atoms with Crippen LogP contribution < -0.4 is 4.90 Å². The number of nitrogens with zero attached hydrogens (tertiary/aromatic N) is 3. The predicted octanol–water partition coefficient (Wildman–Crippen LogP) is 0.863. The first-order valence-electron chi connectivity index (χ1n) is 4.96. The van der Waals surface area contributed by atoms with E-state index in [1.165, 1.54) is 19.6 Å². The van der Waals surface area contributed by atoms with Crippen LogP contribution in [0.3, 0.4) is 0 Å². The van der Waals surface area contributed by atoms with Gasteiger partial charge in [0.15, 0.2) is 0 Å². The molecule has 1 saturated heterocycles. The Morgan fingerprint density at radius 1 is 1.47 bits per heavy atom. The van der Waals surface area contributed by atoms with Crippen LogP contribution in [0.1, 0.15) is 23.2 Å². The largest absolute Gasteiger partial charge is 0.465 e. The second-order valence-electron chi connectivity index (χ2n) is 3.45. The van der Waals surface area contributed by atoms with Crippen LogP contribution in [0.25, 0.3) is 0 Å². The van der Waals surface area contributed by atoms with Gasteiger partial charge in [-0.15, -0.1) is 0 Å². The van der Waals surface area contributed by atoms with Gasteiger partial charge in [-0.25, -0.2) is 14.8 Å². The van der Waals surface area contributed by atoms with Crippen LogP contribution in [0.2, 0.25) is 0 Å². The lowest BCUT2D eigenvalue weighted by Gasteiger charge is -2.17. The molecular formula is C10H13N3O2. The Kier molecular flexibility index (Phi) is 2.80. The lowest BCUT2D eigenvalue weighted by atomic mass is 10.3. The molecule has 2 heterocycles. The number of carbonyl (C=O) groups excluding carboxylic acids is 1. The number of rotatable bonds is 2. The Balaban J connectivity index is 2.32. The van der Waals surface area contributed by atoms with Crippen molar-refractivity contribution in [3.63, 3.8) is 0 Å². The van der Waals surface area contributed by atoms with Crippen LogP contribution in [0.5, 0.6) is 0 Å². The Morgan fingerprint density at radius 3 is 2.87 bits per heavy atom. The fraction of sp³-hybridized carbons (Fsp3) is 0.500. The summed E-state index contributed by atoms with van der Waals surface area (Å²) in [6.07, 6.45) is 5.25. The molecule has 1 fully saturated rings. The molecular weight excluding hydrogens is 194 g/mol. The van der Waals surface area contributed by atoms with Crippen molar-refractivity contribution in [2.45, 2.75) is 12.8 Å². The van der Waals surface area contributed by atoms with E-state index >= 15 is 0 Å². The molecule has 15 heavy (non-hydrogen) atoms. The molecule has 0 N–H and O–H groups in total. The normalized spacial score (nSPS) is 15.4. The number of ether oxygens (including phenoxy) is 1. The summed E-state index contributed by atoms with van der Waals surface area (Å²) in [4.78, 5) is 21.5. The average molecular weight is 207 g/mol. The van der Waals surface area contributed by atoms with Gasteiger partial charge in [-0.1, -0.05) is 0 Å². The first kappa shape index (κ1) is 9.89. The van der Waals surface area contributed by atoms with Gasteiger partial charge < -0.3 is 9.64 Å². The van der Waals surface area contributed by atoms with Crippen LogP contribution in [0.4, 0.5) is 5.82 Å². The number of hydrogen-bond donors (Lipinski definition) is 0. The molecule has 1 aromatic heterocycles. The molecule has 1 aliphatic heterocycles. The van der Waals surface area contributed by atoms with E-state index in [1.807, 2.05) is 0 Å². The topological polar surface area (TPSA) is 55.3 Å². The smallest absolute Gasteiger partial charge is 0.343 e. The zero-order valence-corrected chi connectivity index (χ0v) is 8.64. The minimum atomic E-state index is -0.377. The van der Waals surface area contributed by atoms with Gasteiger partial charge in [0.2, 0.25) is 0 Å². The van der Waals surface area contributed by atoms with Crippen LogP contribution >= 0.6 is 0 Å². The molecule has 0 spiro atoms. The highest BCUT2D eigenvalue weighted by Gasteiger charge is 2.21. The zero-order valence-electron chi connectivity index (χ0n) is 8.64. The molecule has 0 saturated carbocycles. The summed E-state index contributed by atoms with van der Waals surface area (Å²) in [7, 11) is 1.36. The van der Waals surface area contributed by atoms with Crippen molar-refractivity contribution in [1.29, 1.82) is 0 Å². The third kappa shape index (κ3) is 1.91. The Labute approximate surface area is 88.1 Å². The molecule has 0 unspecified atom stereocenters. The molecule has 0 radical (unpaired) electrons. The lowest BCUT2D eigenvalue weighted by Crippen LogP contribution is -2.22. The van der Waals surface area contributed by atoms with Crippen LogP contribution in [-0.2, 0) is 4.74 Å². The number of anilines is 1. The third-order valence-electron chi connectivity index (χ3n) is 2.50. The Hall–Kier alpha value is -1.65. The lowest BCUT2D eigenvalue weighted by molar-refractivity contribution is 0.0600. The molecule has 1 aliphatic rings. The molecule has 0 atom stereocenters. The fourth-order valence-electron chi connectivity index (χ4n) is 1.76. The van der Waals surface area contributed by atoms with Crippen molar-refractivity contribution in [3.05, 3.63) is 18.1 Å². The fourth-order valence-corrected chi connectivity index (χ4v) is 1.76. The van der Waals surface area contributed by atoms with Crippen molar-refractivity contribution in [2.24, 2.45) is 0 Å². The maximum Gasteiger partial charge on any atom is 0.343 e. The van der Waals surface area contributed by atoms with Gasteiger partial charge >= 0.3 is 5.97 Å². The molecule has 0 aromatic carbocycles. The summed E-state index contributed by atoms with van der Waals surface area (Å²) in [5, 5.41) is 0. The van der Waals surface area contributed by atoms with E-state index in [-0.39, 0.29) is 5.97 Å². The van der Waals surface area contributed by atoms with Crippen molar-refractivity contribution >= 4 is 11.8 Å². The highest BCUT2D eigenvalue weighted by molar-refractivity contribution is 5.94. The highest BCUT2D eigenvalue weighted by atomic mass is 16.5. The first-order chi connectivity index (χ1) is 7.33. The summed E-state index contributed by atoms with van der Waals surface area (Å²) < 4.78 is 4.69. The highest BCUT2D eigenvalue weighted by Crippen LogP contribution is 2.21. The SMILES string of the molecule is COC(=O)c1cncnc1N1CCCC1. The van der Waals surface area contributed by atoms with Gasteiger partial charge in [0.05, 0.1) is 7.11 Å². The second kappa shape index (κ2) is 4.25. The van der Waals surface area contributed by atoms with Crippen LogP contribution in [0.15, 0.2) is 12.5 Å². The summed E-state index contributed by atoms with van der Waals surface area (Å²) in [6.45, 7) is 1.89. The minimum absolute atomic E-state index is 0.377. The Bertz CT molecular complexity index is 361. The summed E-state index contributed by atoms with van der Waals surface area (Å²) >= 11 is 0. The van der Waals surface area contributed by atoms with Crippen LogP contribution in [-0.4, -0.2) is 36.1 Å². The minimum Gasteiger partial charge on any atom is -0.465 e. The van der Waals surface area contributed by atoms with Crippen molar-refractivity contribution in [2.75, 3.05) is 25.1 Å². The van der Waals surface area contributed by atoms with E-state index in [0.29, 0.717) is 11.4 Å². The molecule has 0 aliphatic carbocycles. The van der Waals surface area contributed by atoms with E-state index in [1.54, 1.807) is 0 Å². The maximum atomic E-state index is 11.5. The predicted molar refractivity (Wildman–Crippen MR) is 54.8 cm³/mol. The van der Waals surface area contributed by atoms with Gasteiger partial charge in [0, 0.05) is 19.3 Å². The van der Waals surface area contributed by atoms with Crippen molar-refractivity contribution in [1.82, 2.24) is 9.97 Å². The third-order valence-corrected chi connectivity index (χ3v) is 2.50. The maximum absolute atomic E-state index is 11.5. The molecule has 5 nitrogen and oxygen atoms in total. The van der Waals surface area contributed by atoms with Gasteiger partial charge in [0.25, 0.3) is 0 Å². The van der Waals surface area contributed by atoms with E-state index in [0.717, 1.165) is 25.9 Å². The van der Waals surface area contributed by atoms with E-state index < -0.39 is 0 Å². The van der Waals surface area contributed by atoms with E-state index in [9.17, 15) is 4.79 Å². The molecule has 5 heteroatoms. The van der Waals surface area contributed by atoms with Gasteiger partial charge in [-0.2, -0.15) is 0 Å².